The topological polar surface area (TPSA) is 85.6 Å². The number of aryl methyl sites for hydroxylation is 1. The summed E-state index contributed by atoms with van der Waals surface area (Å²) < 4.78 is 15.1. The molecule has 2 aromatic carbocycles. The van der Waals surface area contributed by atoms with E-state index in [1.807, 2.05) is 35.8 Å². The van der Waals surface area contributed by atoms with Gasteiger partial charge in [0.1, 0.15) is 11.5 Å². The van der Waals surface area contributed by atoms with Gasteiger partial charge in [-0.3, -0.25) is 14.3 Å². The van der Waals surface area contributed by atoms with Crippen molar-refractivity contribution in [2.75, 3.05) is 11.1 Å². The van der Waals surface area contributed by atoms with Gasteiger partial charge in [0.15, 0.2) is 11.0 Å². The van der Waals surface area contributed by atoms with E-state index in [1.54, 1.807) is 30.7 Å². The first-order chi connectivity index (χ1) is 14.6. The lowest BCUT2D eigenvalue weighted by molar-refractivity contribution is -0.113. The van der Waals surface area contributed by atoms with Crippen LogP contribution < -0.4 is 5.32 Å². The number of carbonyl (C=O) groups excluding carboxylic acids is 1. The summed E-state index contributed by atoms with van der Waals surface area (Å²) in [6.45, 7) is 2.01. The molecular weight excluding hydrogens is 403 g/mol. The molecule has 0 aliphatic rings. The van der Waals surface area contributed by atoms with Gasteiger partial charge in [0.05, 0.1) is 11.9 Å². The molecule has 7 nitrogen and oxygen atoms in total. The Balaban J connectivity index is 1.59. The number of carbonyl (C=O) groups is 1. The molecule has 0 unspecified atom stereocenters. The molecule has 2 heterocycles. The molecule has 4 rings (SSSR count). The molecule has 4 aromatic rings. The second-order valence-electron chi connectivity index (χ2n) is 6.41. The second kappa shape index (κ2) is 8.83. The van der Waals surface area contributed by atoms with Crippen LogP contribution >= 0.6 is 11.8 Å². The van der Waals surface area contributed by atoms with Crippen molar-refractivity contribution in [2.45, 2.75) is 12.1 Å². The first-order valence-corrected chi connectivity index (χ1v) is 10.1. The summed E-state index contributed by atoms with van der Waals surface area (Å²) in [5.74, 6) is -0.0701. The number of rotatable bonds is 6. The fraction of sp³-hybridized carbons (Fsp3) is 0.0952. The van der Waals surface area contributed by atoms with E-state index in [-0.39, 0.29) is 11.7 Å². The fourth-order valence-electron chi connectivity index (χ4n) is 2.76. The van der Waals surface area contributed by atoms with E-state index < -0.39 is 5.82 Å². The maximum Gasteiger partial charge on any atom is 0.234 e. The SMILES string of the molecule is Cc1ccc(-n2c(SCC(=O)Nc3cccc(F)c3)nnc2-c2cnccn2)cc1. The largest absolute Gasteiger partial charge is 0.325 e. The molecule has 1 N–H and O–H groups in total. The first-order valence-electron chi connectivity index (χ1n) is 9.07. The lowest BCUT2D eigenvalue weighted by Gasteiger charge is -2.10. The molecule has 150 valence electrons. The van der Waals surface area contributed by atoms with Crippen LogP contribution in [0.5, 0.6) is 0 Å². The van der Waals surface area contributed by atoms with Crippen molar-refractivity contribution in [1.82, 2.24) is 24.7 Å². The molecule has 0 fully saturated rings. The van der Waals surface area contributed by atoms with Crippen LogP contribution in [0.2, 0.25) is 0 Å². The minimum Gasteiger partial charge on any atom is -0.325 e. The minimum absolute atomic E-state index is 0.0843. The summed E-state index contributed by atoms with van der Waals surface area (Å²) in [7, 11) is 0. The van der Waals surface area contributed by atoms with Crippen molar-refractivity contribution in [3.63, 3.8) is 0 Å². The van der Waals surface area contributed by atoms with Crippen LogP contribution in [0.1, 0.15) is 5.56 Å². The van der Waals surface area contributed by atoms with E-state index >= 15 is 0 Å². The minimum atomic E-state index is -0.409. The molecule has 9 heteroatoms. The van der Waals surface area contributed by atoms with E-state index in [0.29, 0.717) is 22.4 Å². The lowest BCUT2D eigenvalue weighted by atomic mass is 10.2. The number of hydrogen-bond acceptors (Lipinski definition) is 6. The zero-order valence-corrected chi connectivity index (χ0v) is 16.8. The van der Waals surface area contributed by atoms with Crippen molar-refractivity contribution in [3.8, 4) is 17.2 Å². The Labute approximate surface area is 176 Å². The quantitative estimate of drug-likeness (QED) is 0.476. The van der Waals surface area contributed by atoms with Crippen LogP contribution in [0.3, 0.4) is 0 Å². The van der Waals surface area contributed by atoms with Gasteiger partial charge < -0.3 is 5.32 Å². The normalized spacial score (nSPS) is 10.7. The second-order valence-corrected chi connectivity index (χ2v) is 7.36. The van der Waals surface area contributed by atoms with Crippen molar-refractivity contribution in [1.29, 1.82) is 0 Å². The van der Waals surface area contributed by atoms with Gasteiger partial charge in [0.25, 0.3) is 0 Å². The van der Waals surface area contributed by atoms with Crippen LogP contribution in [0.4, 0.5) is 10.1 Å². The summed E-state index contributed by atoms with van der Waals surface area (Å²) in [6.07, 6.45) is 4.78. The van der Waals surface area contributed by atoms with E-state index in [2.05, 4.69) is 25.5 Å². The summed E-state index contributed by atoms with van der Waals surface area (Å²) in [6, 6.07) is 13.6. The Morgan fingerprint density at radius 3 is 2.70 bits per heavy atom. The number of hydrogen-bond donors (Lipinski definition) is 1. The Morgan fingerprint density at radius 1 is 1.13 bits per heavy atom. The highest BCUT2D eigenvalue weighted by molar-refractivity contribution is 7.99. The van der Waals surface area contributed by atoms with Gasteiger partial charge in [0.2, 0.25) is 5.91 Å². The predicted octanol–water partition coefficient (Wildman–Crippen LogP) is 3.90. The molecule has 0 aliphatic carbocycles. The van der Waals surface area contributed by atoms with Gasteiger partial charge in [-0.15, -0.1) is 10.2 Å². The number of amides is 1. The van der Waals surface area contributed by atoms with Crippen LogP contribution in [-0.2, 0) is 4.79 Å². The van der Waals surface area contributed by atoms with Crippen LogP contribution in [0.15, 0.2) is 72.3 Å². The molecule has 0 bridgehead atoms. The van der Waals surface area contributed by atoms with Gasteiger partial charge in [0, 0.05) is 23.8 Å². The molecule has 2 aromatic heterocycles. The molecule has 1 amide bonds. The van der Waals surface area contributed by atoms with Crippen LogP contribution in [-0.4, -0.2) is 36.4 Å². The van der Waals surface area contributed by atoms with Crippen molar-refractivity contribution < 1.29 is 9.18 Å². The van der Waals surface area contributed by atoms with E-state index in [4.69, 9.17) is 0 Å². The number of thioether (sulfide) groups is 1. The maximum absolute atomic E-state index is 13.3. The molecule has 0 saturated heterocycles. The van der Waals surface area contributed by atoms with Crippen LogP contribution in [0.25, 0.3) is 17.2 Å². The lowest BCUT2D eigenvalue weighted by Crippen LogP contribution is -2.14. The Bertz CT molecular complexity index is 1160. The summed E-state index contributed by atoms with van der Waals surface area (Å²) in [5, 5.41) is 11.7. The van der Waals surface area contributed by atoms with E-state index in [0.717, 1.165) is 11.3 Å². The average molecular weight is 420 g/mol. The van der Waals surface area contributed by atoms with E-state index in [9.17, 15) is 9.18 Å². The summed E-state index contributed by atoms with van der Waals surface area (Å²) in [5.41, 5.74) is 2.94. The molecule has 0 radical (unpaired) electrons. The van der Waals surface area contributed by atoms with Gasteiger partial charge in [-0.2, -0.15) is 0 Å². The first kappa shape index (κ1) is 19.7. The third kappa shape index (κ3) is 4.52. The summed E-state index contributed by atoms with van der Waals surface area (Å²) >= 11 is 1.23. The van der Waals surface area contributed by atoms with E-state index in [1.165, 1.54) is 23.9 Å². The Morgan fingerprint density at radius 2 is 1.97 bits per heavy atom. The zero-order valence-electron chi connectivity index (χ0n) is 16.0. The van der Waals surface area contributed by atoms with Gasteiger partial charge in [-0.25, -0.2) is 9.37 Å². The number of anilines is 1. The smallest absolute Gasteiger partial charge is 0.234 e. The Hall–Kier alpha value is -3.59. The number of benzene rings is 2. The van der Waals surface area contributed by atoms with Crippen LogP contribution in [0, 0.1) is 12.7 Å². The van der Waals surface area contributed by atoms with Crippen molar-refractivity contribution in [2.24, 2.45) is 0 Å². The molecular formula is C21H17FN6OS. The maximum atomic E-state index is 13.3. The predicted molar refractivity (Wildman–Crippen MR) is 113 cm³/mol. The third-order valence-electron chi connectivity index (χ3n) is 4.16. The third-order valence-corrected chi connectivity index (χ3v) is 5.09. The highest BCUT2D eigenvalue weighted by atomic mass is 32.2. The number of nitrogens with zero attached hydrogens (tertiary/aromatic N) is 5. The molecule has 0 saturated carbocycles. The van der Waals surface area contributed by atoms with Gasteiger partial charge in [-0.05, 0) is 37.3 Å². The highest BCUT2D eigenvalue weighted by Gasteiger charge is 2.18. The number of halogens is 1. The summed E-state index contributed by atoms with van der Waals surface area (Å²) in [4.78, 5) is 20.7. The fourth-order valence-corrected chi connectivity index (χ4v) is 3.52. The number of aromatic nitrogens is 5. The Kier molecular flexibility index (Phi) is 5.80. The van der Waals surface area contributed by atoms with Crippen molar-refractivity contribution in [3.05, 3.63) is 78.5 Å². The zero-order chi connectivity index (χ0) is 20.9. The van der Waals surface area contributed by atoms with Gasteiger partial charge in [-0.1, -0.05) is 35.5 Å². The van der Waals surface area contributed by atoms with Gasteiger partial charge >= 0.3 is 0 Å². The molecule has 0 spiro atoms. The molecule has 0 aliphatic heterocycles. The number of nitrogens with one attached hydrogen (secondary N) is 1. The molecule has 30 heavy (non-hydrogen) atoms. The molecule has 0 atom stereocenters. The van der Waals surface area contributed by atoms with Crippen molar-refractivity contribution >= 4 is 23.4 Å². The average Bonchev–Trinajstić information content (AvgIpc) is 3.17. The monoisotopic (exact) mass is 420 g/mol. The standard InChI is InChI=1S/C21H17FN6OS/c1-14-5-7-17(8-6-14)28-20(18-12-23-9-10-24-18)26-27-21(28)30-13-19(29)25-16-4-2-3-15(22)11-16/h2-12H,13H2,1H3,(H,25,29). The highest BCUT2D eigenvalue weighted by Crippen LogP contribution is 2.27.